The van der Waals surface area contributed by atoms with Gasteiger partial charge in [-0.3, -0.25) is 4.57 Å². The molecule has 0 aliphatic heterocycles. The van der Waals surface area contributed by atoms with E-state index in [0.29, 0.717) is 30.1 Å². The predicted octanol–water partition coefficient (Wildman–Crippen LogP) is 1.49. The molecule has 0 aliphatic rings. The number of benzene rings is 1. The largest absolute Gasteiger partial charge is 0.461 e. The second-order valence-corrected chi connectivity index (χ2v) is 6.40. The highest BCUT2D eigenvalue weighted by Gasteiger charge is 2.15. The molecule has 0 amide bonds. The third-order valence-corrected chi connectivity index (χ3v) is 4.42. The highest BCUT2D eigenvalue weighted by molar-refractivity contribution is 8.02. The minimum atomic E-state index is -0.329. The molecule has 9 nitrogen and oxygen atoms in total. The van der Waals surface area contributed by atoms with Gasteiger partial charge in [0.1, 0.15) is 17.5 Å². The minimum absolute atomic E-state index is 0.0914. The molecule has 3 aromatic rings. The molecule has 0 radical (unpaired) electrons. The van der Waals surface area contributed by atoms with Crippen LogP contribution in [0, 0.1) is 10.7 Å². The lowest BCUT2D eigenvalue weighted by atomic mass is 10.1. The number of hydrogen-bond acceptors (Lipinski definition) is 8. The van der Waals surface area contributed by atoms with Gasteiger partial charge in [-0.15, -0.1) is 0 Å². The number of aromatic amines is 1. The molecule has 0 fully saturated rings. The van der Waals surface area contributed by atoms with Crippen LogP contribution in [-0.4, -0.2) is 39.8 Å². The van der Waals surface area contributed by atoms with Crippen molar-refractivity contribution in [1.29, 1.82) is 5.26 Å². The van der Waals surface area contributed by atoms with Crippen LogP contribution in [-0.2, 0) is 17.0 Å². The van der Waals surface area contributed by atoms with Crippen LogP contribution < -0.4 is 16.2 Å². The molecule has 3 rings (SSSR count). The number of nitriles is 1. The minimum Gasteiger partial charge on any atom is -0.461 e. The summed E-state index contributed by atoms with van der Waals surface area (Å²) >= 11 is 1.18. The summed E-state index contributed by atoms with van der Waals surface area (Å²) in [6.07, 6.45) is 0. The highest BCUT2D eigenvalue weighted by atomic mass is 32.2. The lowest BCUT2D eigenvalue weighted by molar-refractivity contribution is 0.141. The van der Waals surface area contributed by atoms with E-state index < -0.39 is 0 Å². The first kappa shape index (κ1) is 18.8. The zero-order valence-electron chi connectivity index (χ0n) is 14.6. The third kappa shape index (κ3) is 4.39. The Hall–Kier alpha value is -3.03. The number of nitrogens with one attached hydrogen (secondary N) is 1. The first-order chi connectivity index (χ1) is 13.1. The second kappa shape index (κ2) is 8.57. The monoisotopic (exact) mass is 386 g/mol. The Morgan fingerprint density at radius 2 is 2.00 bits per heavy atom. The van der Waals surface area contributed by atoms with Crippen molar-refractivity contribution in [2.75, 3.05) is 26.1 Å². The lowest BCUT2D eigenvalue weighted by Gasteiger charge is -2.07. The van der Waals surface area contributed by atoms with E-state index in [2.05, 4.69) is 15.0 Å². The normalized spacial score (nSPS) is 10.8. The standard InChI is InChI=1S/C17H18N6O3S/c1-25-6-7-26-16-21-14(19)13-15(22-16)23(17(24)20-13)8-11-2-4-12(5-3-11)9-27-10-18/h2-5H,6-9H2,1H3,(H,20,24)(H2,19,21,22). The van der Waals surface area contributed by atoms with Gasteiger partial charge in [0.15, 0.2) is 11.5 Å². The number of methoxy groups -OCH3 is 1. The topological polar surface area (TPSA) is 132 Å². The van der Waals surface area contributed by atoms with Gasteiger partial charge in [0, 0.05) is 12.9 Å². The molecule has 0 spiro atoms. The Balaban J connectivity index is 1.88. The molecule has 0 unspecified atom stereocenters. The fourth-order valence-corrected chi connectivity index (χ4v) is 2.92. The molecule has 140 valence electrons. The van der Waals surface area contributed by atoms with Crippen molar-refractivity contribution in [1.82, 2.24) is 19.5 Å². The summed E-state index contributed by atoms with van der Waals surface area (Å²) in [6, 6.07) is 7.79. The number of fused-ring (bicyclic) bond motifs is 1. The SMILES string of the molecule is COCCOc1nc(N)c2[nH]c(=O)n(Cc3ccc(CSC#N)cc3)c2n1. The van der Waals surface area contributed by atoms with Gasteiger partial charge in [0.05, 0.1) is 13.2 Å². The molecule has 10 heteroatoms. The summed E-state index contributed by atoms with van der Waals surface area (Å²) in [5.74, 6) is 0.766. The quantitative estimate of drug-likeness (QED) is 0.440. The lowest BCUT2D eigenvalue weighted by Crippen LogP contribution is -2.18. The van der Waals surface area contributed by atoms with Crippen molar-refractivity contribution < 1.29 is 9.47 Å². The Bertz CT molecular complexity index is 1020. The second-order valence-electron chi connectivity index (χ2n) is 5.64. The van der Waals surface area contributed by atoms with Crippen LogP contribution in [0.4, 0.5) is 5.82 Å². The van der Waals surface area contributed by atoms with E-state index in [1.165, 1.54) is 16.3 Å². The maximum absolute atomic E-state index is 12.4. The fourth-order valence-electron chi connectivity index (χ4n) is 2.50. The zero-order valence-corrected chi connectivity index (χ0v) is 15.5. The number of nitrogens with zero attached hydrogens (tertiary/aromatic N) is 4. The van der Waals surface area contributed by atoms with Crippen LogP contribution in [0.25, 0.3) is 11.2 Å². The number of rotatable bonds is 8. The van der Waals surface area contributed by atoms with Crippen molar-refractivity contribution in [3.05, 3.63) is 45.9 Å². The number of ether oxygens (including phenoxy) is 2. The van der Waals surface area contributed by atoms with Crippen molar-refractivity contribution in [2.24, 2.45) is 0 Å². The molecule has 3 N–H and O–H groups in total. The molecular weight excluding hydrogens is 368 g/mol. The van der Waals surface area contributed by atoms with Crippen LogP contribution in [0.5, 0.6) is 6.01 Å². The van der Waals surface area contributed by atoms with Crippen molar-refractivity contribution in [3.63, 3.8) is 0 Å². The van der Waals surface area contributed by atoms with E-state index in [4.69, 9.17) is 20.5 Å². The zero-order chi connectivity index (χ0) is 19.2. The number of imidazole rings is 1. The van der Waals surface area contributed by atoms with Gasteiger partial charge < -0.3 is 20.2 Å². The van der Waals surface area contributed by atoms with Crippen LogP contribution >= 0.6 is 11.8 Å². The third-order valence-electron chi connectivity index (χ3n) is 3.82. The summed E-state index contributed by atoms with van der Waals surface area (Å²) in [7, 11) is 1.57. The average molecular weight is 386 g/mol. The van der Waals surface area contributed by atoms with Crippen molar-refractivity contribution in [2.45, 2.75) is 12.3 Å². The Morgan fingerprint density at radius 3 is 2.70 bits per heavy atom. The van der Waals surface area contributed by atoms with Gasteiger partial charge in [0.2, 0.25) is 0 Å². The maximum atomic E-state index is 12.4. The van der Waals surface area contributed by atoms with Crippen LogP contribution in [0.3, 0.4) is 0 Å². The summed E-state index contributed by atoms with van der Waals surface area (Å²) in [6.45, 7) is 0.981. The molecule has 2 aromatic heterocycles. The maximum Gasteiger partial charge on any atom is 0.328 e. The van der Waals surface area contributed by atoms with E-state index in [1.54, 1.807) is 7.11 Å². The van der Waals surface area contributed by atoms with Gasteiger partial charge in [-0.2, -0.15) is 15.2 Å². The average Bonchev–Trinajstić information content (AvgIpc) is 2.98. The number of thioether (sulfide) groups is 1. The van der Waals surface area contributed by atoms with Gasteiger partial charge in [-0.05, 0) is 22.9 Å². The van der Waals surface area contributed by atoms with E-state index in [9.17, 15) is 4.79 Å². The summed E-state index contributed by atoms with van der Waals surface area (Å²) in [5.41, 5.74) is 8.31. The molecule has 2 heterocycles. The molecule has 0 atom stereocenters. The van der Waals surface area contributed by atoms with Crippen molar-refractivity contribution >= 4 is 28.7 Å². The number of hydrogen-bond donors (Lipinski definition) is 2. The molecular formula is C17H18N6O3S. The Labute approximate surface area is 159 Å². The van der Waals surface area contributed by atoms with E-state index >= 15 is 0 Å². The fraction of sp³-hybridized carbons (Fsp3) is 0.294. The van der Waals surface area contributed by atoms with Gasteiger partial charge in [-0.25, -0.2) is 4.79 Å². The number of H-pyrrole nitrogens is 1. The Morgan fingerprint density at radius 1 is 1.26 bits per heavy atom. The highest BCUT2D eigenvalue weighted by Crippen LogP contribution is 2.19. The van der Waals surface area contributed by atoms with Gasteiger partial charge in [-0.1, -0.05) is 24.3 Å². The number of nitrogens with two attached hydrogens (primary N) is 1. The smallest absolute Gasteiger partial charge is 0.328 e. The van der Waals surface area contributed by atoms with Crippen molar-refractivity contribution in [3.8, 4) is 11.4 Å². The number of aromatic nitrogens is 4. The van der Waals surface area contributed by atoms with E-state index in [1.807, 2.05) is 29.7 Å². The first-order valence-electron chi connectivity index (χ1n) is 8.09. The summed E-state index contributed by atoms with van der Waals surface area (Å²) in [4.78, 5) is 23.4. The number of anilines is 1. The first-order valence-corrected chi connectivity index (χ1v) is 9.07. The summed E-state index contributed by atoms with van der Waals surface area (Å²) in [5, 5.41) is 10.7. The van der Waals surface area contributed by atoms with Gasteiger partial charge >= 0.3 is 11.7 Å². The molecule has 0 saturated carbocycles. The molecule has 1 aromatic carbocycles. The molecule has 0 bridgehead atoms. The Kier molecular flexibility index (Phi) is 5.95. The molecule has 0 saturated heterocycles. The molecule has 27 heavy (non-hydrogen) atoms. The number of nitrogen functional groups attached to an aromatic ring is 1. The van der Waals surface area contributed by atoms with Crippen LogP contribution in [0.15, 0.2) is 29.1 Å². The summed E-state index contributed by atoms with van der Waals surface area (Å²) < 4.78 is 11.8. The van der Waals surface area contributed by atoms with Gasteiger partial charge in [0.25, 0.3) is 0 Å². The van der Waals surface area contributed by atoms with E-state index in [0.717, 1.165) is 11.1 Å². The number of thiocyanates is 1. The predicted molar refractivity (Wildman–Crippen MR) is 102 cm³/mol. The van der Waals surface area contributed by atoms with Crippen LogP contribution in [0.1, 0.15) is 11.1 Å². The molecule has 0 aliphatic carbocycles. The van der Waals surface area contributed by atoms with Crippen LogP contribution in [0.2, 0.25) is 0 Å². The van der Waals surface area contributed by atoms with E-state index in [-0.39, 0.29) is 24.1 Å².